The van der Waals surface area contributed by atoms with Crippen molar-refractivity contribution in [2.24, 2.45) is 0 Å². The lowest BCUT2D eigenvalue weighted by atomic mass is 10.0. The molecule has 168 valence electrons. The Kier molecular flexibility index (Phi) is 6.95. The molecule has 0 unspecified atom stereocenters. The molecule has 0 amide bonds. The van der Waals surface area contributed by atoms with Crippen LogP contribution in [-0.2, 0) is 13.2 Å². The molecule has 0 bridgehead atoms. The summed E-state index contributed by atoms with van der Waals surface area (Å²) in [6.07, 6.45) is 0.669. The van der Waals surface area contributed by atoms with Gasteiger partial charge in [-0.05, 0) is 35.9 Å². The molecule has 4 aromatic carbocycles. The van der Waals surface area contributed by atoms with E-state index in [4.69, 9.17) is 14.7 Å². The van der Waals surface area contributed by atoms with Crippen LogP contribution in [0.3, 0.4) is 0 Å². The Morgan fingerprint density at radius 2 is 1.62 bits per heavy atom. The summed E-state index contributed by atoms with van der Waals surface area (Å²) in [5.74, 6) is -0.394. The molecule has 4 rings (SSSR count). The molecule has 0 heterocycles. The van der Waals surface area contributed by atoms with Crippen LogP contribution in [0.1, 0.15) is 27.0 Å². The fraction of sp³-hybridized carbons (Fsp3) is 0.0714. The van der Waals surface area contributed by atoms with Crippen molar-refractivity contribution < 1.29 is 23.0 Å². The van der Waals surface area contributed by atoms with Crippen molar-refractivity contribution in [3.63, 3.8) is 0 Å². The number of benzene rings is 4. The second kappa shape index (κ2) is 10.4. The molecular weight excluding hydrogens is 436 g/mol. The van der Waals surface area contributed by atoms with E-state index in [0.717, 1.165) is 5.56 Å². The summed E-state index contributed by atoms with van der Waals surface area (Å²) in [5, 5.41) is 9.03. The van der Waals surface area contributed by atoms with E-state index in [9.17, 15) is 9.18 Å². The predicted octanol–water partition coefficient (Wildman–Crippen LogP) is 6.47. The number of hydrogen-bond acceptors (Lipinski definition) is 4. The van der Waals surface area contributed by atoms with Gasteiger partial charge >= 0.3 is 0 Å². The number of rotatable bonds is 8. The van der Waals surface area contributed by atoms with Gasteiger partial charge in [-0.15, -0.1) is 0 Å². The third-order valence-electron chi connectivity index (χ3n) is 5.20. The number of aldehydes is 1. The van der Waals surface area contributed by atoms with E-state index < -0.39 is 11.6 Å². The number of carbonyl (C=O) groups excluding carboxylic acids is 1. The second-order valence-electron chi connectivity index (χ2n) is 7.47. The van der Waals surface area contributed by atoms with Crippen LogP contribution in [0.15, 0.2) is 84.9 Å². The van der Waals surface area contributed by atoms with Crippen LogP contribution in [-0.4, -0.2) is 6.29 Å². The lowest BCUT2D eigenvalue weighted by molar-refractivity contribution is 0.111. The molecule has 0 aromatic heterocycles. The summed E-state index contributed by atoms with van der Waals surface area (Å²) in [6.45, 7) is 0.0529. The van der Waals surface area contributed by atoms with E-state index in [1.54, 1.807) is 60.7 Å². The first kappa shape index (κ1) is 22.7. The number of halogens is 2. The van der Waals surface area contributed by atoms with Crippen LogP contribution in [0.5, 0.6) is 11.5 Å². The van der Waals surface area contributed by atoms with Crippen LogP contribution in [0.2, 0.25) is 0 Å². The lowest BCUT2D eigenvalue weighted by Gasteiger charge is -2.13. The highest BCUT2D eigenvalue weighted by atomic mass is 19.1. The van der Waals surface area contributed by atoms with Gasteiger partial charge in [-0.1, -0.05) is 48.5 Å². The fourth-order valence-electron chi connectivity index (χ4n) is 3.46. The Morgan fingerprint density at radius 1 is 0.824 bits per heavy atom. The molecule has 0 saturated heterocycles. The number of nitrogens with zero attached hydrogens (tertiary/aromatic N) is 1. The Hall–Kier alpha value is -4.50. The molecule has 4 nitrogen and oxygen atoms in total. The van der Waals surface area contributed by atoms with E-state index in [1.807, 2.05) is 6.07 Å². The zero-order valence-corrected chi connectivity index (χ0v) is 18.0. The molecule has 34 heavy (non-hydrogen) atoms. The Labute approximate surface area is 195 Å². The van der Waals surface area contributed by atoms with Gasteiger partial charge in [0.2, 0.25) is 0 Å². The SMILES string of the molecule is N#Cc1cccc(COc2cc(OCc3cccc(-c4ccccc4F)c3F)ccc2C=O)c1. The lowest BCUT2D eigenvalue weighted by Crippen LogP contribution is -2.02. The second-order valence-corrected chi connectivity index (χ2v) is 7.47. The first-order chi connectivity index (χ1) is 16.6. The number of hydrogen-bond donors (Lipinski definition) is 0. The van der Waals surface area contributed by atoms with E-state index in [-0.39, 0.29) is 29.9 Å². The largest absolute Gasteiger partial charge is 0.489 e. The Bertz CT molecular complexity index is 1380. The number of ether oxygens (including phenoxy) is 2. The molecular formula is C28H19F2NO3. The predicted molar refractivity (Wildman–Crippen MR) is 123 cm³/mol. The minimum absolute atomic E-state index is 0.0990. The smallest absolute Gasteiger partial charge is 0.153 e. The maximum Gasteiger partial charge on any atom is 0.153 e. The van der Waals surface area contributed by atoms with Crippen LogP contribution in [0.4, 0.5) is 8.78 Å². The van der Waals surface area contributed by atoms with Gasteiger partial charge in [0.05, 0.1) is 17.2 Å². The van der Waals surface area contributed by atoms with E-state index in [2.05, 4.69) is 6.07 Å². The van der Waals surface area contributed by atoms with Crippen LogP contribution >= 0.6 is 0 Å². The van der Waals surface area contributed by atoms with Crippen molar-refractivity contribution in [1.29, 1.82) is 5.26 Å². The first-order valence-electron chi connectivity index (χ1n) is 10.4. The summed E-state index contributed by atoms with van der Waals surface area (Å²) in [6, 6.07) is 24.4. The maximum absolute atomic E-state index is 15.1. The normalized spacial score (nSPS) is 10.4. The molecule has 0 aliphatic carbocycles. The van der Waals surface area contributed by atoms with Crippen molar-refractivity contribution in [2.45, 2.75) is 13.2 Å². The summed E-state index contributed by atoms with van der Waals surface area (Å²) in [5.41, 5.74) is 2.20. The van der Waals surface area contributed by atoms with E-state index >= 15 is 4.39 Å². The van der Waals surface area contributed by atoms with Crippen LogP contribution < -0.4 is 9.47 Å². The highest BCUT2D eigenvalue weighted by Gasteiger charge is 2.14. The zero-order chi connectivity index (χ0) is 23.9. The van der Waals surface area contributed by atoms with Crippen molar-refractivity contribution in [3.8, 4) is 28.7 Å². The molecule has 0 atom stereocenters. The van der Waals surface area contributed by atoms with Gasteiger partial charge in [0, 0.05) is 22.8 Å². The van der Waals surface area contributed by atoms with Gasteiger partial charge in [-0.25, -0.2) is 8.78 Å². The zero-order valence-electron chi connectivity index (χ0n) is 18.0. The van der Waals surface area contributed by atoms with Crippen molar-refractivity contribution in [2.75, 3.05) is 0 Å². The topological polar surface area (TPSA) is 59.3 Å². The average Bonchev–Trinajstić information content (AvgIpc) is 2.87. The molecule has 0 fully saturated rings. The minimum Gasteiger partial charge on any atom is -0.489 e. The number of carbonyl (C=O) groups is 1. The van der Waals surface area contributed by atoms with Gasteiger partial charge in [0.25, 0.3) is 0 Å². The third-order valence-corrected chi connectivity index (χ3v) is 5.20. The van der Waals surface area contributed by atoms with E-state index in [0.29, 0.717) is 28.9 Å². The minimum atomic E-state index is -0.564. The van der Waals surface area contributed by atoms with E-state index in [1.165, 1.54) is 18.2 Å². The maximum atomic E-state index is 15.1. The third kappa shape index (κ3) is 5.11. The summed E-state index contributed by atoms with van der Waals surface area (Å²) in [7, 11) is 0. The molecule has 0 radical (unpaired) electrons. The quantitative estimate of drug-likeness (QED) is 0.286. The highest BCUT2D eigenvalue weighted by molar-refractivity contribution is 5.79. The van der Waals surface area contributed by atoms with Gasteiger partial charge in [0.1, 0.15) is 36.3 Å². The molecule has 0 spiro atoms. The fourth-order valence-corrected chi connectivity index (χ4v) is 3.46. The van der Waals surface area contributed by atoms with Gasteiger partial charge < -0.3 is 9.47 Å². The monoisotopic (exact) mass is 455 g/mol. The van der Waals surface area contributed by atoms with Gasteiger partial charge in [-0.2, -0.15) is 5.26 Å². The summed E-state index contributed by atoms with van der Waals surface area (Å²) >= 11 is 0. The highest BCUT2D eigenvalue weighted by Crippen LogP contribution is 2.29. The van der Waals surface area contributed by atoms with Crippen LogP contribution in [0, 0.1) is 23.0 Å². The van der Waals surface area contributed by atoms with Crippen LogP contribution in [0.25, 0.3) is 11.1 Å². The molecule has 0 saturated carbocycles. The molecule has 0 aliphatic heterocycles. The van der Waals surface area contributed by atoms with Crippen molar-refractivity contribution >= 4 is 6.29 Å². The molecule has 0 N–H and O–H groups in total. The van der Waals surface area contributed by atoms with Gasteiger partial charge in [0.15, 0.2) is 6.29 Å². The molecule has 6 heteroatoms. The average molecular weight is 455 g/mol. The number of nitriles is 1. The molecule has 4 aromatic rings. The summed E-state index contributed by atoms with van der Waals surface area (Å²) in [4.78, 5) is 11.4. The van der Waals surface area contributed by atoms with Gasteiger partial charge in [-0.3, -0.25) is 4.79 Å². The molecule has 0 aliphatic rings. The Morgan fingerprint density at radius 3 is 2.41 bits per heavy atom. The van der Waals surface area contributed by atoms with Crippen molar-refractivity contribution in [1.82, 2.24) is 0 Å². The summed E-state index contributed by atoms with van der Waals surface area (Å²) < 4.78 is 40.7. The standard InChI is InChI=1S/C28H19F2NO3/c29-26-10-2-1-8-24(26)25-9-4-7-22(28(25)30)18-33-23-12-11-21(16-32)27(14-23)34-17-20-6-3-5-19(13-20)15-31/h1-14,16H,17-18H2. The van der Waals surface area contributed by atoms with Crippen molar-refractivity contribution in [3.05, 3.63) is 119 Å². The first-order valence-corrected chi connectivity index (χ1v) is 10.4. The Balaban J connectivity index is 1.51.